The lowest BCUT2D eigenvalue weighted by Gasteiger charge is -2.28. The second kappa shape index (κ2) is 8.11. The largest absolute Gasteiger partial charge is 0.380 e. The quantitative estimate of drug-likeness (QED) is 0.435. The number of hydrogen-bond acceptors (Lipinski definition) is 8. The molecule has 2 aliphatic rings. The minimum Gasteiger partial charge on any atom is -0.380 e. The number of aromatic nitrogens is 4. The number of nitrogen functional groups attached to an aromatic ring is 1. The number of hydrogen-bond donors (Lipinski definition) is 2. The van der Waals surface area contributed by atoms with E-state index in [1.807, 2.05) is 12.1 Å². The van der Waals surface area contributed by atoms with Gasteiger partial charge in [-0.15, -0.1) is 0 Å². The number of rotatable bonds is 4. The molecule has 34 heavy (non-hydrogen) atoms. The van der Waals surface area contributed by atoms with Crippen LogP contribution in [-0.4, -0.2) is 44.9 Å². The normalized spacial score (nSPS) is 21.4. The van der Waals surface area contributed by atoms with Gasteiger partial charge in [0.15, 0.2) is 11.6 Å². The van der Waals surface area contributed by atoms with Crippen LogP contribution in [0, 0.1) is 5.92 Å². The van der Waals surface area contributed by atoms with Gasteiger partial charge in [-0.3, -0.25) is 4.79 Å². The van der Waals surface area contributed by atoms with Crippen molar-refractivity contribution in [2.24, 2.45) is 5.92 Å². The zero-order valence-electron chi connectivity index (χ0n) is 17.8. The summed E-state index contributed by atoms with van der Waals surface area (Å²) in [6.45, 7) is 0.738. The Kier molecular flexibility index (Phi) is 5.04. The summed E-state index contributed by atoms with van der Waals surface area (Å²) in [5.74, 6) is 0.954. The van der Waals surface area contributed by atoms with Crippen LogP contribution in [-0.2, 0) is 0 Å². The number of carbonyl (C=O) groups excluding carboxylic acids is 1. The molecule has 2 fully saturated rings. The Balaban J connectivity index is 1.24. The summed E-state index contributed by atoms with van der Waals surface area (Å²) in [7, 11) is 0. The summed E-state index contributed by atoms with van der Waals surface area (Å²) < 4.78 is 5.45. The van der Waals surface area contributed by atoms with Crippen LogP contribution in [0.2, 0.25) is 10.0 Å². The third kappa shape index (κ3) is 3.35. The molecule has 4 aromatic rings. The predicted octanol–water partition coefficient (Wildman–Crippen LogP) is 3.97. The lowest BCUT2D eigenvalue weighted by atomic mass is 10.0. The molecule has 0 radical (unpaired) electrons. The maximum atomic E-state index is 13.2. The summed E-state index contributed by atoms with van der Waals surface area (Å²) in [4.78, 5) is 19.8. The van der Waals surface area contributed by atoms with Crippen LogP contribution in [0.3, 0.4) is 0 Å². The van der Waals surface area contributed by atoms with E-state index in [-0.39, 0.29) is 29.7 Å². The Morgan fingerprint density at radius 1 is 1.12 bits per heavy atom. The number of amides is 1. The fraction of sp³-hybridized carbons (Fsp3) is 0.261. The van der Waals surface area contributed by atoms with Crippen molar-refractivity contribution in [1.82, 2.24) is 25.7 Å². The van der Waals surface area contributed by atoms with Gasteiger partial charge >= 0.3 is 0 Å². The van der Waals surface area contributed by atoms with Crippen molar-refractivity contribution < 1.29 is 9.32 Å². The van der Waals surface area contributed by atoms with E-state index in [9.17, 15) is 4.79 Å². The highest BCUT2D eigenvalue weighted by molar-refractivity contribution is 6.36. The van der Waals surface area contributed by atoms with Crippen molar-refractivity contribution in [3.05, 3.63) is 58.5 Å². The summed E-state index contributed by atoms with van der Waals surface area (Å²) in [6, 6.07) is 7.23. The number of benzene rings is 1. The lowest BCUT2D eigenvalue weighted by Crippen LogP contribution is -2.44. The van der Waals surface area contributed by atoms with Crippen molar-refractivity contribution >= 4 is 51.7 Å². The minimum absolute atomic E-state index is 0.0413. The van der Waals surface area contributed by atoms with Gasteiger partial charge in [0.1, 0.15) is 0 Å². The Morgan fingerprint density at radius 3 is 2.79 bits per heavy atom. The number of nitrogens with one attached hydrogen (secondary N) is 1. The van der Waals surface area contributed by atoms with Crippen LogP contribution >= 0.6 is 23.2 Å². The van der Waals surface area contributed by atoms with Gasteiger partial charge in [-0.1, -0.05) is 34.4 Å². The highest BCUT2D eigenvalue weighted by Crippen LogP contribution is 2.43. The fourth-order valence-corrected chi connectivity index (χ4v) is 5.66. The Bertz CT molecular complexity index is 1410. The maximum Gasteiger partial charge on any atom is 0.253 e. The van der Waals surface area contributed by atoms with E-state index in [1.54, 1.807) is 30.7 Å². The summed E-state index contributed by atoms with van der Waals surface area (Å²) >= 11 is 12.7. The van der Waals surface area contributed by atoms with E-state index < -0.39 is 0 Å². The molecule has 1 amide bonds. The first-order chi connectivity index (χ1) is 16.5. The van der Waals surface area contributed by atoms with Crippen LogP contribution in [0.1, 0.15) is 23.2 Å². The highest BCUT2D eigenvalue weighted by atomic mass is 35.5. The number of nitrogens with two attached hydrogens (primary N) is 1. The van der Waals surface area contributed by atoms with Gasteiger partial charge in [0.05, 0.1) is 45.5 Å². The highest BCUT2D eigenvalue weighted by Gasteiger charge is 2.49. The van der Waals surface area contributed by atoms with Gasteiger partial charge in [-0.05, 0) is 42.5 Å². The number of pyridine rings is 1. The van der Waals surface area contributed by atoms with Gasteiger partial charge in [0, 0.05) is 18.3 Å². The third-order valence-electron chi connectivity index (χ3n) is 6.75. The first-order valence-electron chi connectivity index (χ1n) is 10.8. The van der Waals surface area contributed by atoms with Crippen LogP contribution in [0.25, 0.3) is 22.1 Å². The Labute approximate surface area is 204 Å². The number of halogens is 2. The average Bonchev–Trinajstić information content (AvgIpc) is 3.53. The van der Waals surface area contributed by atoms with E-state index in [0.717, 1.165) is 30.5 Å². The molecule has 1 saturated carbocycles. The van der Waals surface area contributed by atoms with E-state index >= 15 is 0 Å². The van der Waals surface area contributed by atoms with Gasteiger partial charge in [0.25, 0.3) is 5.91 Å². The molecule has 3 atom stereocenters. The second-order valence-corrected chi connectivity index (χ2v) is 9.40. The maximum absolute atomic E-state index is 13.2. The van der Waals surface area contributed by atoms with Gasteiger partial charge < -0.3 is 20.5 Å². The number of nitrogens with zero attached hydrogens (tertiary/aromatic N) is 5. The first-order valence-corrected chi connectivity index (χ1v) is 11.6. The topological polar surface area (TPSA) is 123 Å². The molecule has 9 nitrogen and oxygen atoms in total. The lowest BCUT2D eigenvalue weighted by molar-refractivity contribution is 0.0932. The Morgan fingerprint density at radius 2 is 2.00 bits per heavy atom. The van der Waals surface area contributed by atoms with Crippen LogP contribution in [0.5, 0.6) is 0 Å². The van der Waals surface area contributed by atoms with Gasteiger partial charge in [0.2, 0.25) is 5.58 Å². The standard InChI is InChI=1S/C23H19Cl2N7O2/c24-15-7-11(12-5-6-28-29-8-12)1-3-14(15)23(33)30-19-13-2-4-17(19)32(10-13)22-20-18(16(25)9-27-22)21(26)31-34-20/h1,3,5-9,13,17,19H,2,4,10H2,(H2,26,31)(H,30,33)/t13-,17-,19+/m0/s1. The van der Waals surface area contributed by atoms with Crippen molar-refractivity contribution in [1.29, 1.82) is 0 Å². The van der Waals surface area contributed by atoms with Crippen molar-refractivity contribution in [3.63, 3.8) is 0 Å². The van der Waals surface area contributed by atoms with Gasteiger partial charge in [-0.2, -0.15) is 10.2 Å². The van der Waals surface area contributed by atoms with E-state index in [0.29, 0.717) is 32.4 Å². The molecule has 11 heteroatoms. The monoisotopic (exact) mass is 495 g/mol. The number of fused-ring (bicyclic) bond motifs is 3. The summed E-state index contributed by atoms with van der Waals surface area (Å²) in [5.41, 5.74) is 8.57. The zero-order chi connectivity index (χ0) is 23.4. The van der Waals surface area contributed by atoms with Crippen molar-refractivity contribution in [2.45, 2.75) is 24.9 Å². The molecule has 172 valence electrons. The van der Waals surface area contributed by atoms with Gasteiger partial charge in [-0.25, -0.2) is 4.98 Å². The molecule has 1 aliphatic heterocycles. The molecular weight excluding hydrogens is 477 g/mol. The fourth-order valence-electron chi connectivity index (χ4n) is 5.16. The molecule has 0 unspecified atom stereocenters. The third-order valence-corrected chi connectivity index (χ3v) is 7.35. The van der Waals surface area contributed by atoms with Crippen LogP contribution < -0.4 is 16.0 Å². The van der Waals surface area contributed by atoms with Crippen LogP contribution in [0.15, 0.2) is 47.4 Å². The summed E-state index contributed by atoms with van der Waals surface area (Å²) in [5, 5.41) is 16.1. The molecule has 1 aliphatic carbocycles. The van der Waals surface area contributed by atoms with E-state index in [4.69, 9.17) is 33.5 Å². The summed E-state index contributed by atoms with van der Waals surface area (Å²) in [6.07, 6.45) is 6.77. The number of piperidine rings is 1. The first kappa shape index (κ1) is 21.1. The smallest absolute Gasteiger partial charge is 0.253 e. The second-order valence-electron chi connectivity index (χ2n) is 8.58. The SMILES string of the molecule is Nc1noc2c(N3C[C@@H]4CC[C@H]3[C@@H]4NC(=O)c3ccc(-c4ccnnc4)cc3Cl)ncc(Cl)c12. The van der Waals surface area contributed by atoms with E-state index in [1.165, 1.54) is 0 Å². The molecule has 2 bridgehead atoms. The molecule has 1 saturated heterocycles. The minimum atomic E-state index is -0.203. The molecule has 1 aromatic carbocycles. The van der Waals surface area contributed by atoms with E-state index in [2.05, 4.69) is 30.6 Å². The number of carbonyl (C=O) groups is 1. The Hall–Kier alpha value is -3.43. The molecular formula is C23H19Cl2N7O2. The molecule has 6 rings (SSSR count). The zero-order valence-corrected chi connectivity index (χ0v) is 19.3. The molecule has 0 spiro atoms. The van der Waals surface area contributed by atoms with Crippen LogP contribution in [0.4, 0.5) is 11.6 Å². The number of anilines is 2. The molecule has 3 aromatic heterocycles. The van der Waals surface area contributed by atoms with Crippen molar-refractivity contribution in [3.8, 4) is 11.1 Å². The van der Waals surface area contributed by atoms with Crippen molar-refractivity contribution in [2.75, 3.05) is 17.2 Å². The molecule has 3 N–H and O–H groups in total. The molecule has 4 heterocycles. The average molecular weight is 496 g/mol. The predicted molar refractivity (Wildman–Crippen MR) is 129 cm³/mol.